The molecule has 0 aliphatic rings. The zero-order chi connectivity index (χ0) is 15.1. The largest absolute Gasteiger partial charge is 0.463 e. The van der Waals surface area contributed by atoms with Crippen molar-refractivity contribution < 1.29 is 9.90 Å². The molecule has 0 fully saturated rings. The number of hydrogen-bond donors (Lipinski definition) is 2. The lowest BCUT2D eigenvalue weighted by molar-refractivity contribution is 0.192. The standard InChI is InChI=1S/C14H13ClN4O2/c1-7-11(8(2)19(18-7)14(20)21)3-9-5-16-13-12(9)4-10(15)6-17-13/h4-6H,3H2,1-2H3,(H,16,17)(H,20,21). The summed E-state index contributed by atoms with van der Waals surface area (Å²) < 4.78 is 1.00. The Morgan fingerprint density at radius 2 is 2.24 bits per heavy atom. The molecule has 0 spiro atoms. The van der Waals surface area contributed by atoms with E-state index in [9.17, 15) is 4.79 Å². The van der Waals surface area contributed by atoms with Crippen LogP contribution in [0.25, 0.3) is 11.0 Å². The average Bonchev–Trinajstić information content (AvgIpc) is 2.94. The van der Waals surface area contributed by atoms with Crippen molar-refractivity contribution in [1.29, 1.82) is 0 Å². The highest BCUT2D eigenvalue weighted by Crippen LogP contribution is 2.25. The second kappa shape index (κ2) is 4.89. The monoisotopic (exact) mass is 304 g/mol. The van der Waals surface area contributed by atoms with Crippen LogP contribution in [0.3, 0.4) is 0 Å². The molecule has 0 atom stereocenters. The summed E-state index contributed by atoms with van der Waals surface area (Å²) in [6.45, 7) is 3.56. The number of nitrogens with zero attached hydrogens (tertiary/aromatic N) is 3. The number of halogens is 1. The molecular formula is C14H13ClN4O2. The molecule has 3 rings (SSSR count). The van der Waals surface area contributed by atoms with E-state index in [1.54, 1.807) is 13.1 Å². The van der Waals surface area contributed by atoms with Crippen molar-refractivity contribution in [2.24, 2.45) is 0 Å². The number of fused-ring (bicyclic) bond motifs is 1. The highest BCUT2D eigenvalue weighted by molar-refractivity contribution is 6.31. The third kappa shape index (κ3) is 2.27. The Morgan fingerprint density at radius 1 is 1.48 bits per heavy atom. The molecule has 3 heterocycles. The number of carbonyl (C=O) groups is 1. The Bertz CT molecular complexity index is 850. The Labute approximate surface area is 125 Å². The third-order valence-corrected chi connectivity index (χ3v) is 3.78. The number of hydrogen-bond acceptors (Lipinski definition) is 3. The number of aryl methyl sites for hydroxylation is 1. The highest BCUT2D eigenvalue weighted by Gasteiger charge is 2.17. The summed E-state index contributed by atoms with van der Waals surface area (Å²) in [6, 6.07) is 1.85. The first-order chi connectivity index (χ1) is 9.97. The lowest BCUT2D eigenvalue weighted by Crippen LogP contribution is -2.11. The molecule has 7 heteroatoms. The first kappa shape index (κ1) is 13.6. The van der Waals surface area contributed by atoms with E-state index >= 15 is 0 Å². The van der Waals surface area contributed by atoms with Gasteiger partial charge in [0.15, 0.2) is 0 Å². The maximum absolute atomic E-state index is 11.1. The van der Waals surface area contributed by atoms with Crippen LogP contribution in [0.1, 0.15) is 22.5 Å². The molecule has 108 valence electrons. The smallest absolute Gasteiger partial charge is 0.432 e. The van der Waals surface area contributed by atoms with Gasteiger partial charge in [0.25, 0.3) is 0 Å². The number of H-pyrrole nitrogens is 1. The molecule has 2 N–H and O–H groups in total. The summed E-state index contributed by atoms with van der Waals surface area (Å²) in [5.74, 6) is 0. The van der Waals surface area contributed by atoms with Gasteiger partial charge in [-0.15, -0.1) is 0 Å². The quantitative estimate of drug-likeness (QED) is 0.761. The molecular weight excluding hydrogens is 292 g/mol. The molecule has 0 radical (unpaired) electrons. The SMILES string of the molecule is Cc1nn(C(=O)O)c(C)c1Cc1c[nH]c2ncc(Cl)cc12. The van der Waals surface area contributed by atoms with E-state index in [1.807, 2.05) is 19.2 Å². The first-order valence-corrected chi connectivity index (χ1v) is 6.75. The average molecular weight is 305 g/mol. The van der Waals surface area contributed by atoms with Gasteiger partial charge in [-0.3, -0.25) is 0 Å². The summed E-state index contributed by atoms with van der Waals surface area (Å²) in [4.78, 5) is 18.4. The van der Waals surface area contributed by atoms with E-state index in [4.69, 9.17) is 16.7 Å². The summed E-state index contributed by atoms with van der Waals surface area (Å²) in [5, 5.41) is 14.7. The van der Waals surface area contributed by atoms with Crippen molar-refractivity contribution in [2.45, 2.75) is 20.3 Å². The van der Waals surface area contributed by atoms with E-state index in [0.29, 0.717) is 22.8 Å². The minimum Gasteiger partial charge on any atom is -0.463 e. The lowest BCUT2D eigenvalue weighted by atomic mass is 10.0. The molecule has 0 aliphatic carbocycles. The van der Waals surface area contributed by atoms with Gasteiger partial charge < -0.3 is 10.1 Å². The minimum absolute atomic E-state index is 0.568. The molecule has 0 bridgehead atoms. The van der Waals surface area contributed by atoms with Gasteiger partial charge in [-0.2, -0.15) is 9.78 Å². The van der Waals surface area contributed by atoms with Gasteiger partial charge in [0.2, 0.25) is 0 Å². The zero-order valence-corrected chi connectivity index (χ0v) is 12.3. The van der Waals surface area contributed by atoms with E-state index in [-0.39, 0.29) is 0 Å². The fourth-order valence-electron chi connectivity index (χ4n) is 2.49. The molecule has 0 aromatic carbocycles. The van der Waals surface area contributed by atoms with Crippen molar-refractivity contribution in [3.05, 3.63) is 46.0 Å². The molecule has 0 saturated carbocycles. The fraction of sp³-hybridized carbons (Fsp3) is 0.214. The van der Waals surface area contributed by atoms with E-state index in [1.165, 1.54) is 0 Å². The van der Waals surface area contributed by atoms with Crippen molar-refractivity contribution in [1.82, 2.24) is 19.7 Å². The van der Waals surface area contributed by atoms with Crippen molar-refractivity contribution in [3.63, 3.8) is 0 Å². The molecule has 21 heavy (non-hydrogen) atoms. The van der Waals surface area contributed by atoms with Crippen LogP contribution in [0.4, 0.5) is 4.79 Å². The predicted molar refractivity (Wildman–Crippen MR) is 79.0 cm³/mol. The summed E-state index contributed by atoms with van der Waals surface area (Å²) >= 11 is 5.99. The number of aromatic nitrogens is 4. The van der Waals surface area contributed by atoms with Crippen LogP contribution < -0.4 is 0 Å². The first-order valence-electron chi connectivity index (χ1n) is 6.37. The predicted octanol–water partition coefficient (Wildman–Crippen LogP) is 3.15. The minimum atomic E-state index is -1.08. The van der Waals surface area contributed by atoms with Crippen LogP contribution in [-0.2, 0) is 6.42 Å². The van der Waals surface area contributed by atoms with Crippen LogP contribution >= 0.6 is 11.6 Å². The normalized spacial score (nSPS) is 11.2. The number of nitrogens with one attached hydrogen (secondary N) is 1. The van der Waals surface area contributed by atoms with Crippen molar-refractivity contribution >= 4 is 28.7 Å². The van der Waals surface area contributed by atoms with E-state index in [2.05, 4.69) is 15.1 Å². The van der Waals surface area contributed by atoms with Crippen molar-refractivity contribution in [3.8, 4) is 0 Å². The Kier molecular flexibility index (Phi) is 3.17. The van der Waals surface area contributed by atoms with Crippen LogP contribution in [-0.4, -0.2) is 30.9 Å². The van der Waals surface area contributed by atoms with Crippen molar-refractivity contribution in [2.75, 3.05) is 0 Å². The Balaban J connectivity index is 2.07. The fourth-order valence-corrected chi connectivity index (χ4v) is 2.64. The molecule has 0 saturated heterocycles. The van der Waals surface area contributed by atoms with Gasteiger partial charge in [-0.05, 0) is 25.5 Å². The second-order valence-electron chi connectivity index (χ2n) is 4.88. The van der Waals surface area contributed by atoms with Gasteiger partial charge in [0.1, 0.15) is 5.65 Å². The Hall–Kier alpha value is -2.34. The highest BCUT2D eigenvalue weighted by atomic mass is 35.5. The molecule has 6 nitrogen and oxygen atoms in total. The maximum atomic E-state index is 11.1. The van der Waals surface area contributed by atoms with Gasteiger partial charge in [0, 0.05) is 29.8 Å². The second-order valence-corrected chi connectivity index (χ2v) is 5.32. The molecule has 0 unspecified atom stereocenters. The van der Waals surface area contributed by atoms with Gasteiger partial charge in [0.05, 0.1) is 16.4 Å². The Morgan fingerprint density at radius 3 is 2.90 bits per heavy atom. The van der Waals surface area contributed by atoms with Gasteiger partial charge in [-0.25, -0.2) is 9.78 Å². The van der Waals surface area contributed by atoms with Crippen LogP contribution in [0.5, 0.6) is 0 Å². The zero-order valence-electron chi connectivity index (χ0n) is 11.5. The number of pyridine rings is 1. The topological polar surface area (TPSA) is 83.8 Å². The van der Waals surface area contributed by atoms with Gasteiger partial charge in [-0.1, -0.05) is 11.6 Å². The van der Waals surface area contributed by atoms with E-state index in [0.717, 1.165) is 26.8 Å². The van der Waals surface area contributed by atoms with Gasteiger partial charge >= 0.3 is 6.09 Å². The summed E-state index contributed by atoms with van der Waals surface area (Å²) in [7, 11) is 0. The molecule has 3 aromatic heterocycles. The third-order valence-electron chi connectivity index (χ3n) is 3.57. The summed E-state index contributed by atoms with van der Waals surface area (Å²) in [6.07, 6.45) is 2.95. The molecule has 0 aliphatic heterocycles. The molecule has 0 amide bonds. The number of rotatable bonds is 2. The van der Waals surface area contributed by atoms with Crippen LogP contribution in [0.15, 0.2) is 18.5 Å². The van der Waals surface area contributed by atoms with Crippen LogP contribution in [0, 0.1) is 13.8 Å². The number of carboxylic acid groups (broad SMARTS) is 1. The lowest BCUT2D eigenvalue weighted by Gasteiger charge is -2.01. The van der Waals surface area contributed by atoms with Crippen LogP contribution in [0.2, 0.25) is 5.02 Å². The maximum Gasteiger partial charge on any atom is 0.432 e. The summed E-state index contributed by atoms with van der Waals surface area (Å²) in [5.41, 5.74) is 4.01. The number of aromatic amines is 1. The van der Waals surface area contributed by atoms with E-state index < -0.39 is 6.09 Å². The molecule has 3 aromatic rings.